The number of rotatable bonds is 29. The second kappa shape index (κ2) is 26.4. The van der Waals surface area contributed by atoms with Gasteiger partial charge < -0.3 is 0 Å². The molecule has 38 heavy (non-hydrogen) atoms. The van der Waals surface area contributed by atoms with Gasteiger partial charge in [0.2, 0.25) is 0 Å². The van der Waals surface area contributed by atoms with Crippen molar-refractivity contribution in [2.45, 2.75) is 202 Å². The average Bonchev–Trinajstić information content (AvgIpc) is 3.42. The zero-order valence-corrected chi connectivity index (χ0v) is 30.5. The molecule has 0 saturated carbocycles. The van der Waals surface area contributed by atoms with Crippen LogP contribution in [0.2, 0.25) is 13.3 Å². The van der Waals surface area contributed by atoms with Gasteiger partial charge in [-0.2, -0.15) is 0 Å². The molecular weight excluding hydrogens is 583 g/mol. The van der Waals surface area contributed by atoms with Gasteiger partial charge in [0.05, 0.1) is 0 Å². The molecule has 0 atom stereocenters. The molecule has 2 heteroatoms. The van der Waals surface area contributed by atoms with E-state index in [4.69, 9.17) is 0 Å². The zero-order chi connectivity index (χ0) is 27.6. The average molecular weight is 654 g/mol. The van der Waals surface area contributed by atoms with E-state index in [1.165, 1.54) is 161 Å². The van der Waals surface area contributed by atoms with E-state index in [1.54, 1.807) is 18.9 Å². The summed E-state index contributed by atoms with van der Waals surface area (Å²) in [6.07, 6.45) is 36.3. The molecule has 1 aromatic rings. The van der Waals surface area contributed by atoms with Crippen LogP contribution in [0.4, 0.5) is 0 Å². The van der Waals surface area contributed by atoms with E-state index in [1.807, 2.05) is 2.89 Å². The van der Waals surface area contributed by atoms with Gasteiger partial charge in [-0.1, -0.05) is 71.1 Å². The van der Waals surface area contributed by atoms with E-state index in [-0.39, 0.29) is 0 Å². The van der Waals surface area contributed by atoms with Crippen molar-refractivity contribution in [2.24, 2.45) is 0 Å². The SMILES string of the molecule is CCCCCCCCCCCCCCCCCCCCc1cs[c]([Sn]([CH2]CCC)([CH2]CCC)[CH2]CCC)c1. The fourth-order valence-corrected chi connectivity index (χ4v) is 26.4. The van der Waals surface area contributed by atoms with Crippen molar-refractivity contribution in [3.8, 4) is 0 Å². The second-order valence-electron chi connectivity index (χ2n) is 12.7. The molecule has 0 aliphatic carbocycles. The molecule has 1 heterocycles. The summed E-state index contributed by atoms with van der Waals surface area (Å²) in [5.74, 6) is 0. The Morgan fingerprint density at radius 3 is 1.16 bits per heavy atom. The van der Waals surface area contributed by atoms with E-state index in [0.717, 1.165) is 0 Å². The Hall–Kier alpha value is 0.499. The normalized spacial score (nSPS) is 12.0. The molecule has 224 valence electrons. The molecule has 0 saturated heterocycles. The molecule has 0 aromatic carbocycles. The van der Waals surface area contributed by atoms with Gasteiger partial charge in [-0.25, -0.2) is 0 Å². The van der Waals surface area contributed by atoms with Crippen molar-refractivity contribution in [1.29, 1.82) is 0 Å². The minimum atomic E-state index is -2.19. The van der Waals surface area contributed by atoms with Gasteiger partial charge >= 0.3 is 180 Å². The molecule has 0 N–H and O–H groups in total. The quantitative estimate of drug-likeness (QED) is 0.0596. The zero-order valence-electron chi connectivity index (χ0n) is 26.9. The van der Waals surface area contributed by atoms with Crippen LogP contribution in [0, 0.1) is 0 Å². The Morgan fingerprint density at radius 2 is 0.789 bits per heavy atom. The van der Waals surface area contributed by atoms with Crippen molar-refractivity contribution >= 4 is 32.6 Å². The van der Waals surface area contributed by atoms with Crippen molar-refractivity contribution in [1.82, 2.24) is 0 Å². The first-order valence-corrected chi connectivity index (χ1v) is 26.2. The molecule has 0 aliphatic heterocycles. The first kappa shape index (κ1) is 36.5. The number of hydrogen-bond donors (Lipinski definition) is 0. The third-order valence-electron chi connectivity index (χ3n) is 9.02. The van der Waals surface area contributed by atoms with Crippen LogP contribution < -0.4 is 2.89 Å². The van der Waals surface area contributed by atoms with E-state index in [0.29, 0.717) is 0 Å². The van der Waals surface area contributed by atoms with E-state index in [2.05, 4.69) is 50.5 Å². The van der Waals surface area contributed by atoms with E-state index < -0.39 is 18.4 Å². The van der Waals surface area contributed by atoms with Crippen LogP contribution in [0.25, 0.3) is 0 Å². The summed E-state index contributed by atoms with van der Waals surface area (Å²) in [7, 11) is 0. The molecule has 0 bridgehead atoms. The number of hydrogen-bond acceptors (Lipinski definition) is 1. The topological polar surface area (TPSA) is 0 Å². The van der Waals surface area contributed by atoms with Gasteiger partial charge in [0, 0.05) is 0 Å². The molecular formula is C36H70SSn. The van der Waals surface area contributed by atoms with E-state index >= 15 is 0 Å². The van der Waals surface area contributed by atoms with Crippen molar-refractivity contribution in [3.63, 3.8) is 0 Å². The third-order valence-corrected chi connectivity index (χ3v) is 28.3. The van der Waals surface area contributed by atoms with Crippen LogP contribution >= 0.6 is 11.3 Å². The summed E-state index contributed by atoms with van der Waals surface area (Å²) >= 11 is 0.000502. The third kappa shape index (κ3) is 18.0. The van der Waals surface area contributed by atoms with Gasteiger partial charge in [-0.05, 0) is 0 Å². The summed E-state index contributed by atoms with van der Waals surface area (Å²) in [4.78, 5) is 0. The molecule has 0 fully saturated rings. The Labute approximate surface area is 249 Å². The molecule has 0 radical (unpaired) electrons. The molecule has 1 rings (SSSR count). The maximum absolute atomic E-state index is 2.73. The van der Waals surface area contributed by atoms with Crippen LogP contribution in [0.3, 0.4) is 0 Å². The molecule has 0 unspecified atom stereocenters. The summed E-state index contributed by atoms with van der Waals surface area (Å²) in [6, 6.07) is 2.73. The fraction of sp³-hybridized carbons (Fsp3) is 0.889. The monoisotopic (exact) mass is 654 g/mol. The molecule has 1 aromatic heterocycles. The number of aryl methyl sites for hydroxylation is 1. The Balaban J connectivity index is 2.12. The summed E-state index contributed by atoms with van der Waals surface area (Å²) in [5, 5.41) is 2.57. The van der Waals surface area contributed by atoms with Crippen LogP contribution in [0.5, 0.6) is 0 Å². The van der Waals surface area contributed by atoms with Crippen LogP contribution in [-0.4, -0.2) is 18.4 Å². The summed E-state index contributed by atoms with van der Waals surface area (Å²) < 4.78 is 6.78. The van der Waals surface area contributed by atoms with Gasteiger partial charge in [0.25, 0.3) is 0 Å². The van der Waals surface area contributed by atoms with Gasteiger partial charge in [-0.15, -0.1) is 0 Å². The molecule has 0 spiro atoms. The standard InChI is InChI=1S/C24H43S.3C4H9.Sn/c1-2-3-4-5-6-7-8-9-10-11-12-13-14-15-16-17-18-19-20-24-21-22-25-23-24;3*1-3-4-2;/h21,23H,2-20H2,1H3;3*1,3-4H2,2H3;. The fourth-order valence-electron chi connectivity index (χ4n) is 6.31. The van der Waals surface area contributed by atoms with Crippen LogP contribution in [0.1, 0.15) is 187 Å². The Kier molecular flexibility index (Phi) is 25.4. The van der Waals surface area contributed by atoms with Crippen molar-refractivity contribution in [3.05, 3.63) is 17.0 Å². The van der Waals surface area contributed by atoms with Gasteiger partial charge in [0.1, 0.15) is 0 Å². The van der Waals surface area contributed by atoms with E-state index in [9.17, 15) is 0 Å². The summed E-state index contributed by atoms with van der Waals surface area (Å²) in [5.41, 5.74) is 1.69. The maximum atomic E-state index is 2.73. The first-order valence-electron chi connectivity index (χ1n) is 17.8. The minimum absolute atomic E-state index is 1.34. The predicted octanol–water partition coefficient (Wildman–Crippen LogP) is 13.4. The Morgan fingerprint density at radius 1 is 0.447 bits per heavy atom. The molecule has 0 nitrogen and oxygen atoms in total. The number of thiophene rings is 1. The molecule has 0 aliphatic rings. The second-order valence-corrected chi connectivity index (χ2v) is 27.7. The predicted molar refractivity (Wildman–Crippen MR) is 181 cm³/mol. The van der Waals surface area contributed by atoms with Crippen molar-refractivity contribution < 1.29 is 0 Å². The first-order chi connectivity index (χ1) is 18.7. The van der Waals surface area contributed by atoms with Gasteiger partial charge in [-0.3, -0.25) is 0 Å². The van der Waals surface area contributed by atoms with Crippen molar-refractivity contribution in [2.75, 3.05) is 0 Å². The molecule has 0 amide bonds. The van der Waals surface area contributed by atoms with Crippen LogP contribution in [0.15, 0.2) is 11.4 Å². The number of unbranched alkanes of at least 4 members (excludes halogenated alkanes) is 20. The Bertz CT molecular complexity index is 584. The summed E-state index contributed by atoms with van der Waals surface area (Å²) in [6.45, 7) is 9.50. The van der Waals surface area contributed by atoms with Gasteiger partial charge in [0.15, 0.2) is 0 Å². The van der Waals surface area contributed by atoms with Crippen LogP contribution in [-0.2, 0) is 6.42 Å².